The van der Waals surface area contributed by atoms with Gasteiger partial charge in [0.1, 0.15) is 5.82 Å². The molecule has 12 heavy (non-hydrogen) atoms. The third kappa shape index (κ3) is 1.63. The molecule has 4 heteroatoms. The molecular weight excluding hydrogens is 223 g/mol. The zero-order valence-electron chi connectivity index (χ0n) is 6.14. The number of benzene rings is 1. The van der Waals surface area contributed by atoms with Crippen LogP contribution in [0.15, 0.2) is 16.6 Å². The van der Waals surface area contributed by atoms with E-state index in [1.165, 1.54) is 12.1 Å². The van der Waals surface area contributed by atoms with Crippen molar-refractivity contribution in [2.24, 2.45) is 5.73 Å². The highest BCUT2D eigenvalue weighted by Gasteiger charge is 2.06. The van der Waals surface area contributed by atoms with Crippen molar-refractivity contribution in [1.29, 1.82) is 5.26 Å². The lowest BCUT2D eigenvalue weighted by atomic mass is 10.1. The molecule has 0 aromatic heterocycles. The Morgan fingerprint density at radius 1 is 1.58 bits per heavy atom. The molecule has 1 rings (SSSR count). The van der Waals surface area contributed by atoms with Gasteiger partial charge in [-0.2, -0.15) is 5.26 Å². The number of nitriles is 1. The molecule has 62 valence electrons. The summed E-state index contributed by atoms with van der Waals surface area (Å²) in [7, 11) is 0. The molecule has 2 N–H and O–H groups in total. The number of hydrogen-bond acceptors (Lipinski definition) is 2. The molecule has 0 saturated carbocycles. The summed E-state index contributed by atoms with van der Waals surface area (Å²) in [6, 6.07) is 4.79. The Balaban J connectivity index is 3.31. The molecule has 0 heterocycles. The van der Waals surface area contributed by atoms with Crippen molar-refractivity contribution in [3.8, 4) is 6.07 Å². The minimum Gasteiger partial charge on any atom is -0.326 e. The lowest BCUT2D eigenvalue weighted by Crippen LogP contribution is -2.01. The molecule has 0 atom stereocenters. The number of rotatable bonds is 1. The van der Waals surface area contributed by atoms with E-state index in [1.807, 2.05) is 6.07 Å². The lowest BCUT2D eigenvalue weighted by molar-refractivity contribution is 0.604. The van der Waals surface area contributed by atoms with Crippen LogP contribution in [-0.2, 0) is 6.54 Å². The topological polar surface area (TPSA) is 49.8 Å². The lowest BCUT2D eigenvalue weighted by Gasteiger charge is -2.01. The van der Waals surface area contributed by atoms with Crippen LogP contribution in [0.2, 0.25) is 0 Å². The molecule has 0 spiro atoms. The summed E-state index contributed by atoms with van der Waals surface area (Å²) >= 11 is 3.00. The van der Waals surface area contributed by atoms with Crippen molar-refractivity contribution in [3.63, 3.8) is 0 Å². The summed E-state index contributed by atoms with van der Waals surface area (Å²) in [6.45, 7) is 0.0972. The molecule has 0 saturated heterocycles. The Labute approximate surface area is 77.9 Å². The van der Waals surface area contributed by atoms with Crippen molar-refractivity contribution in [1.82, 2.24) is 0 Å². The summed E-state index contributed by atoms with van der Waals surface area (Å²) in [5, 5.41) is 8.54. The fourth-order valence-electron chi connectivity index (χ4n) is 0.859. The molecule has 1 aromatic carbocycles. The maximum absolute atomic E-state index is 13.1. The van der Waals surface area contributed by atoms with Gasteiger partial charge in [0.15, 0.2) is 0 Å². The predicted octanol–water partition coefficient (Wildman–Crippen LogP) is 1.92. The molecular formula is C8H6BrFN2. The Hall–Kier alpha value is -0.920. The minimum absolute atomic E-state index is 0.0972. The highest BCUT2D eigenvalue weighted by atomic mass is 79.9. The van der Waals surface area contributed by atoms with Crippen molar-refractivity contribution in [2.75, 3.05) is 0 Å². The fraction of sp³-hybridized carbons (Fsp3) is 0.125. The van der Waals surface area contributed by atoms with E-state index in [1.54, 1.807) is 0 Å². The van der Waals surface area contributed by atoms with Gasteiger partial charge in [0.05, 0.1) is 16.1 Å². The normalized spacial score (nSPS) is 9.50. The van der Waals surface area contributed by atoms with E-state index >= 15 is 0 Å². The average molecular weight is 229 g/mol. The van der Waals surface area contributed by atoms with Crippen LogP contribution >= 0.6 is 15.9 Å². The van der Waals surface area contributed by atoms with E-state index in [9.17, 15) is 4.39 Å². The number of nitrogens with two attached hydrogens (primary N) is 1. The third-order valence-electron chi connectivity index (χ3n) is 1.45. The van der Waals surface area contributed by atoms with Gasteiger partial charge < -0.3 is 5.73 Å². The van der Waals surface area contributed by atoms with Crippen LogP contribution in [0.4, 0.5) is 4.39 Å². The van der Waals surface area contributed by atoms with Crippen molar-refractivity contribution >= 4 is 15.9 Å². The Morgan fingerprint density at radius 2 is 2.25 bits per heavy atom. The molecule has 1 aromatic rings. The highest BCUT2D eigenvalue weighted by molar-refractivity contribution is 9.10. The van der Waals surface area contributed by atoms with Crippen LogP contribution in [0.1, 0.15) is 11.1 Å². The van der Waals surface area contributed by atoms with Crippen molar-refractivity contribution in [3.05, 3.63) is 33.5 Å². The van der Waals surface area contributed by atoms with Gasteiger partial charge in [-0.15, -0.1) is 0 Å². The second-order valence-electron chi connectivity index (χ2n) is 2.25. The molecule has 0 bridgehead atoms. The molecule has 0 amide bonds. The van der Waals surface area contributed by atoms with Gasteiger partial charge in [-0.05, 0) is 28.1 Å². The Kier molecular flexibility index (Phi) is 2.79. The van der Waals surface area contributed by atoms with Gasteiger partial charge >= 0.3 is 0 Å². The molecule has 0 aliphatic heterocycles. The first kappa shape index (κ1) is 9.17. The fourth-order valence-corrected chi connectivity index (χ4v) is 1.36. The van der Waals surface area contributed by atoms with E-state index in [0.717, 1.165) is 0 Å². The van der Waals surface area contributed by atoms with E-state index in [2.05, 4.69) is 15.9 Å². The predicted molar refractivity (Wildman–Crippen MR) is 46.7 cm³/mol. The standard InChI is InChI=1S/C8H6BrFN2/c9-7-2-5(3-11)1-6(4-12)8(7)10/h1-2H,4,12H2. The zero-order valence-corrected chi connectivity index (χ0v) is 7.73. The van der Waals surface area contributed by atoms with Crippen LogP contribution in [-0.4, -0.2) is 0 Å². The second kappa shape index (κ2) is 3.65. The van der Waals surface area contributed by atoms with Gasteiger partial charge in [0.2, 0.25) is 0 Å². The summed E-state index contributed by atoms with van der Waals surface area (Å²) in [5.74, 6) is -0.392. The maximum Gasteiger partial charge on any atom is 0.141 e. The summed E-state index contributed by atoms with van der Waals surface area (Å²) < 4.78 is 13.4. The summed E-state index contributed by atoms with van der Waals surface area (Å²) in [6.07, 6.45) is 0. The Morgan fingerprint density at radius 3 is 2.75 bits per heavy atom. The molecule has 0 fully saturated rings. The van der Waals surface area contributed by atoms with Gasteiger partial charge in [0.25, 0.3) is 0 Å². The van der Waals surface area contributed by atoms with Crippen LogP contribution in [0, 0.1) is 17.1 Å². The number of hydrogen-bond donors (Lipinski definition) is 1. The summed E-state index contributed by atoms with van der Waals surface area (Å²) in [4.78, 5) is 0. The smallest absolute Gasteiger partial charge is 0.141 e. The van der Waals surface area contributed by atoms with E-state index in [0.29, 0.717) is 11.1 Å². The van der Waals surface area contributed by atoms with E-state index in [4.69, 9.17) is 11.0 Å². The van der Waals surface area contributed by atoms with E-state index < -0.39 is 5.82 Å². The van der Waals surface area contributed by atoms with Gasteiger partial charge in [-0.1, -0.05) is 0 Å². The van der Waals surface area contributed by atoms with Crippen molar-refractivity contribution in [2.45, 2.75) is 6.54 Å². The molecule has 0 aliphatic rings. The third-order valence-corrected chi connectivity index (χ3v) is 2.03. The second-order valence-corrected chi connectivity index (χ2v) is 3.10. The monoisotopic (exact) mass is 228 g/mol. The van der Waals surface area contributed by atoms with Crippen LogP contribution in [0.3, 0.4) is 0 Å². The first-order chi connectivity index (χ1) is 5.69. The maximum atomic E-state index is 13.1. The van der Waals surface area contributed by atoms with E-state index in [-0.39, 0.29) is 11.0 Å². The van der Waals surface area contributed by atoms with Gasteiger partial charge in [-0.3, -0.25) is 0 Å². The van der Waals surface area contributed by atoms with Gasteiger partial charge in [0, 0.05) is 12.1 Å². The Bertz CT molecular complexity index is 344. The molecule has 2 nitrogen and oxygen atoms in total. The average Bonchev–Trinajstić information content (AvgIpc) is 2.09. The highest BCUT2D eigenvalue weighted by Crippen LogP contribution is 2.20. The van der Waals surface area contributed by atoms with Crippen LogP contribution in [0.5, 0.6) is 0 Å². The van der Waals surface area contributed by atoms with Crippen LogP contribution in [0.25, 0.3) is 0 Å². The molecule has 0 aliphatic carbocycles. The first-order valence-electron chi connectivity index (χ1n) is 3.27. The first-order valence-corrected chi connectivity index (χ1v) is 4.06. The minimum atomic E-state index is -0.392. The van der Waals surface area contributed by atoms with Crippen molar-refractivity contribution < 1.29 is 4.39 Å². The largest absolute Gasteiger partial charge is 0.326 e. The summed E-state index contributed by atoms with van der Waals surface area (Å²) in [5.41, 5.74) is 6.03. The van der Waals surface area contributed by atoms with Gasteiger partial charge in [-0.25, -0.2) is 4.39 Å². The van der Waals surface area contributed by atoms with Crippen LogP contribution < -0.4 is 5.73 Å². The molecule has 0 unspecified atom stereocenters. The quantitative estimate of drug-likeness (QED) is 0.799. The SMILES string of the molecule is N#Cc1cc(Br)c(F)c(CN)c1. The number of halogens is 2. The number of nitrogens with zero attached hydrogens (tertiary/aromatic N) is 1. The molecule has 0 radical (unpaired) electrons. The zero-order chi connectivity index (χ0) is 9.14.